The van der Waals surface area contributed by atoms with E-state index in [1.54, 1.807) is 6.07 Å². The molecular weight excluding hydrogens is 438 g/mol. The van der Waals surface area contributed by atoms with Crippen LogP contribution in [0.3, 0.4) is 0 Å². The summed E-state index contributed by atoms with van der Waals surface area (Å²) in [5, 5.41) is 2.84. The number of amides is 1. The Morgan fingerprint density at radius 1 is 0.970 bits per heavy atom. The Morgan fingerprint density at radius 2 is 1.67 bits per heavy atom. The molecule has 8 heteroatoms. The average molecular weight is 470 g/mol. The zero-order valence-electron chi connectivity index (χ0n) is 19.0. The van der Waals surface area contributed by atoms with Crippen molar-refractivity contribution in [2.75, 3.05) is 32.7 Å². The van der Waals surface area contributed by atoms with Crippen molar-refractivity contribution in [3.8, 4) is 0 Å². The summed E-state index contributed by atoms with van der Waals surface area (Å²) in [6.07, 6.45) is 3.49. The molecule has 1 atom stereocenters. The molecule has 33 heavy (non-hydrogen) atoms. The number of fused-ring (bicyclic) bond motifs is 1. The molecule has 1 fully saturated rings. The third-order valence-corrected chi connectivity index (χ3v) is 8.41. The highest BCUT2D eigenvalue weighted by Gasteiger charge is 2.30. The number of ketones is 1. The Labute approximate surface area is 195 Å². The predicted octanol–water partition coefficient (Wildman–Crippen LogP) is 1.80. The van der Waals surface area contributed by atoms with Gasteiger partial charge in [-0.2, -0.15) is 4.31 Å². The van der Waals surface area contributed by atoms with Crippen molar-refractivity contribution in [2.45, 2.75) is 43.5 Å². The van der Waals surface area contributed by atoms with Crippen LogP contribution in [0.1, 0.15) is 30.0 Å². The topological polar surface area (TPSA) is 86.8 Å². The number of piperazine rings is 1. The number of hydrogen-bond acceptors (Lipinski definition) is 5. The number of rotatable bonds is 8. The Bertz CT molecular complexity index is 1110. The van der Waals surface area contributed by atoms with E-state index in [2.05, 4.69) is 5.32 Å². The van der Waals surface area contributed by atoms with Gasteiger partial charge in [0.15, 0.2) is 5.78 Å². The molecular formula is C25H31N3O4S. The van der Waals surface area contributed by atoms with Crippen molar-refractivity contribution in [1.29, 1.82) is 0 Å². The molecule has 0 saturated carbocycles. The summed E-state index contributed by atoms with van der Waals surface area (Å²) >= 11 is 0. The molecule has 176 valence electrons. The number of sulfonamides is 1. The van der Waals surface area contributed by atoms with Crippen LogP contribution in [0.5, 0.6) is 0 Å². The standard InChI is InChI=1S/C25H31N3O4S/c1-19(29)24(16-20-6-3-2-4-7-20)26-25(30)18-27-12-14-28(15-13-27)33(31,32)23-11-10-21-8-5-9-22(21)17-23/h2-4,6-7,10-11,17,24H,5,8-9,12-16,18H2,1H3,(H,26,30)/t24-/m0/s1. The van der Waals surface area contributed by atoms with Crippen LogP contribution < -0.4 is 5.32 Å². The molecule has 2 aromatic rings. The van der Waals surface area contributed by atoms with E-state index in [9.17, 15) is 18.0 Å². The minimum absolute atomic E-state index is 0.0857. The smallest absolute Gasteiger partial charge is 0.243 e. The Hall–Kier alpha value is -2.55. The van der Waals surface area contributed by atoms with Gasteiger partial charge < -0.3 is 5.32 Å². The maximum absolute atomic E-state index is 13.1. The maximum Gasteiger partial charge on any atom is 0.243 e. The number of carbonyl (C=O) groups is 2. The summed E-state index contributed by atoms with van der Waals surface area (Å²) in [6, 6.07) is 14.5. The van der Waals surface area contributed by atoms with E-state index in [4.69, 9.17) is 0 Å². The molecule has 0 bridgehead atoms. The van der Waals surface area contributed by atoms with Gasteiger partial charge in [0.25, 0.3) is 0 Å². The summed E-state index contributed by atoms with van der Waals surface area (Å²) in [5.41, 5.74) is 3.38. The van der Waals surface area contributed by atoms with E-state index in [1.165, 1.54) is 16.8 Å². The van der Waals surface area contributed by atoms with Gasteiger partial charge in [-0.25, -0.2) is 8.42 Å². The normalized spacial score (nSPS) is 18.0. The van der Waals surface area contributed by atoms with Gasteiger partial charge in [0.2, 0.25) is 15.9 Å². The molecule has 2 aliphatic rings. The third kappa shape index (κ3) is 5.69. The van der Waals surface area contributed by atoms with E-state index in [1.807, 2.05) is 47.4 Å². The molecule has 0 unspecified atom stereocenters. The van der Waals surface area contributed by atoms with Crippen molar-refractivity contribution in [2.24, 2.45) is 0 Å². The highest BCUT2D eigenvalue weighted by atomic mass is 32.2. The number of benzene rings is 2. The lowest BCUT2D eigenvalue weighted by Gasteiger charge is -2.33. The number of Topliss-reactive ketones (excluding diaryl/α,β-unsaturated/α-hetero) is 1. The molecule has 7 nitrogen and oxygen atoms in total. The highest BCUT2D eigenvalue weighted by molar-refractivity contribution is 7.89. The van der Waals surface area contributed by atoms with Crippen LogP contribution in [0.2, 0.25) is 0 Å². The monoisotopic (exact) mass is 469 g/mol. The first-order valence-corrected chi connectivity index (χ1v) is 12.9. The Kier molecular flexibility index (Phi) is 7.26. The van der Waals surface area contributed by atoms with E-state index in [0.717, 1.165) is 30.4 Å². The molecule has 1 N–H and O–H groups in total. The summed E-state index contributed by atoms with van der Waals surface area (Å²) < 4.78 is 27.7. The van der Waals surface area contributed by atoms with Crippen LogP contribution in [0.15, 0.2) is 53.4 Å². The fourth-order valence-corrected chi connectivity index (χ4v) is 6.05. The predicted molar refractivity (Wildman–Crippen MR) is 126 cm³/mol. The SMILES string of the molecule is CC(=O)[C@H](Cc1ccccc1)NC(=O)CN1CCN(S(=O)(=O)c2ccc3c(c2)CCC3)CC1. The molecule has 1 aliphatic heterocycles. The van der Waals surface area contributed by atoms with Crippen LogP contribution >= 0.6 is 0 Å². The number of aryl methyl sites for hydroxylation is 2. The van der Waals surface area contributed by atoms with Gasteiger partial charge in [-0.15, -0.1) is 0 Å². The van der Waals surface area contributed by atoms with E-state index in [-0.39, 0.29) is 18.2 Å². The second kappa shape index (κ2) is 10.2. The summed E-state index contributed by atoms with van der Waals surface area (Å²) in [6.45, 7) is 3.25. The lowest BCUT2D eigenvalue weighted by atomic mass is 10.0. The zero-order chi connectivity index (χ0) is 23.4. The van der Waals surface area contributed by atoms with Gasteiger partial charge in [-0.05, 0) is 61.4 Å². The first kappa shape index (κ1) is 23.6. The van der Waals surface area contributed by atoms with Gasteiger partial charge in [-0.3, -0.25) is 14.5 Å². The fraction of sp³-hybridized carbons (Fsp3) is 0.440. The van der Waals surface area contributed by atoms with Gasteiger partial charge in [0.05, 0.1) is 17.5 Å². The second-order valence-corrected chi connectivity index (χ2v) is 10.8. The second-order valence-electron chi connectivity index (χ2n) is 8.88. The first-order valence-electron chi connectivity index (χ1n) is 11.5. The van der Waals surface area contributed by atoms with E-state index >= 15 is 0 Å². The van der Waals surface area contributed by atoms with E-state index < -0.39 is 16.1 Å². The summed E-state index contributed by atoms with van der Waals surface area (Å²) in [4.78, 5) is 26.9. The van der Waals surface area contributed by atoms with Crippen molar-refractivity contribution in [1.82, 2.24) is 14.5 Å². The quantitative estimate of drug-likeness (QED) is 0.637. The van der Waals surface area contributed by atoms with Crippen molar-refractivity contribution >= 4 is 21.7 Å². The van der Waals surface area contributed by atoms with Gasteiger partial charge >= 0.3 is 0 Å². The molecule has 0 radical (unpaired) electrons. The van der Waals surface area contributed by atoms with Crippen LogP contribution in [0.4, 0.5) is 0 Å². The molecule has 4 rings (SSSR count). The molecule has 0 spiro atoms. The van der Waals surface area contributed by atoms with Crippen molar-refractivity contribution in [3.63, 3.8) is 0 Å². The molecule has 1 heterocycles. The number of nitrogens with zero attached hydrogens (tertiary/aromatic N) is 2. The van der Waals surface area contributed by atoms with Crippen LogP contribution in [0, 0.1) is 0 Å². The molecule has 1 saturated heterocycles. The van der Waals surface area contributed by atoms with E-state index in [0.29, 0.717) is 37.5 Å². The molecule has 2 aromatic carbocycles. The average Bonchev–Trinajstić information content (AvgIpc) is 3.27. The van der Waals surface area contributed by atoms with Crippen LogP contribution in [-0.2, 0) is 38.9 Å². The largest absolute Gasteiger partial charge is 0.345 e. The highest BCUT2D eigenvalue weighted by Crippen LogP contribution is 2.26. The minimum atomic E-state index is -3.54. The van der Waals surface area contributed by atoms with Gasteiger partial charge in [-0.1, -0.05) is 36.4 Å². The third-order valence-electron chi connectivity index (χ3n) is 6.51. The Balaban J connectivity index is 1.30. The van der Waals surface area contributed by atoms with Gasteiger partial charge in [0, 0.05) is 26.2 Å². The maximum atomic E-state index is 13.1. The van der Waals surface area contributed by atoms with Crippen molar-refractivity contribution in [3.05, 3.63) is 65.2 Å². The molecule has 1 aliphatic carbocycles. The molecule has 1 amide bonds. The number of carbonyl (C=O) groups excluding carboxylic acids is 2. The molecule has 0 aromatic heterocycles. The van der Waals surface area contributed by atoms with Crippen LogP contribution in [-0.4, -0.2) is 68.1 Å². The summed E-state index contributed by atoms with van der Waals surface area (Å²) in [5.74, 6) is -0.307. The van der Waals surface area contributed by atoms with Crippen molar-refractivity contribution < 1.29 is 18.0 Å². The Morgan fingerprint density at radius 3 is 2.36 bits per heavy atom. The number of nitrogens with one attached hydrogen (secondary N) is 1. The number of hydrogen-bond donors (Lipinski definition) is 1. The fourth-order valence-electron chi connectivity index (χ4n) is 4.57. The summed E-state index contributed by atoms with van der Waals surface area (Å²) in [7, 11) is -3.54. The first-order chi connectivity index (χ1) is 15.8. The minimum Gasteiger partial charge on any atom is -0.345 e. The zero-order valence-corrected chi connectivity index (χ0v) is 19.8. The lowest BCUT2D eigenvalue weighted by molar-refractivity contribution is -0.127. The lowest BCUT2D eigenvalue weighted by Crippen LogP contribution is -2.52. The van der Waals surface area contributed by atoms with Gasteiger partial charge in [0.1, 0.15) is 0 Å². The van der Waals surface area contributed by atoms with Crippen LogP contribution in [0.25, 0.3) is 0 Å².